The molecule has 1 amide bonds. The Morgan fingerprint density at radius 3 is 2.13 bits per heavy atom. The second-order valence-electron chi connectivity index (χ2n) is 6.93. The van der Waals surface area contributed by atoms with Gasteiger partial charge >= 0.3 is 5.97 Å². The third-order valence-electron chi connectivity index (χ3n) is 4.62. The first-order chi connectivity index (χ1) is 14.6. The van der Waals surface area contributed by atoms with E-state index >= 15 is 0 Å². The highest BCUT2D eigenvalue weighted by molar-refractivity contribution is 5.85. The molecule has 30 heavy (non-hydrogen) atoms. The van der Waals surface area contributed by atoms with E-state index < -0.39 is 12.0 Å². The summed E-state index contributed by atoms with van der Waals surface area (Å²) in [6, 6.07) is 26.0. The molecule has 154 valence electrons. The summed E-state index contributed by atoms with van der Waals surface area (Å²) in [6.45, 7) is 0.457. The van der Waals surface area contributed by atoms with E-state index in [4.69, 9.17) is 9.47 Å². The maximum Gasteiger partial charge on any atom is 0.328 e. The van der Waals surface area contributed by atoms with Crippen molar-refractivity contribution in [2.45, 2.75) is 25.5 Å². The summed E-state index contributed by atoms with van der Waals surface area (Å²) < 4.78 is 10.7. The molecule has 0 aliphatic rings. The number of benzene rings is 3. The predicted octanol–water partition coefficient (Wildman–Crippen LogP) is 3.71. The van der Waals surface area contributed by atoms with Crippen LogP contribution in [0, 0.1) is 0 Å². The van der Waals surface area contributed by atoms with Crippen LogP contribution < -0.4 is 10.1 Å². The molecule has 0 bridgehead atoms. The number of carbonyl (C=O) groups excluding carboxylic acids is 2. The summed E-state index contributed by atoms with van der Waals surface area (Å²) in [4.78, 5) is 24.6. The van der Waals surface area contributed by atoms with Crippen LogP contribution in [0.1, 0.15) is 16.7 Å². The first-order valence-corrected chi connectivity index (χ1v) is 9.81. The van der Waals surface area contributed by atoms with Crippen LogP contribution in [0.25, 0.3) is 0 Å². The molecule has 0 aliphatic heterocycles. The Balaban J connectivity index is 1.62. The second-order valence-corrected chi connectivity index (χ2v) is 6.93. The Kier molecular flexibility index (Phi) is 7.61. The molecular formula is C25H25NO4. The fourth-order valence-corrected chi connectivity index (χ4v) is 3.10. The van der Waals surface area contributed by atoms with Gasteiger partial charge in [-0.05, 0) is 28.8 Å². The van der Waals surface area contributed by atoms with Crippen molar-refractivity contribution >= 4 is 11.9 Å². The molecule has 5 heteroatoms. The number of amides is 1. The third-order valence-corrected chi connectivity index (χ3v) is 4.62. The molecule has 0 fully saturated rings. The van der Waals surface area contributed by atoms with Gasteiger partial charge < -0.3 is 14.8 Å². The van der Waals surface area contributed by atoms with Gasteiger partial charge in [-0.2, -0.15) is 0 Å². The van der Waals surface area contributed by atoms with Crippen LogP contribution in [0.15, 0.2) is 84.9 Å². The van der Waals surface area contributed by atoms with Crippen LogP contribution in [-0.4, -0.2) is 25.0 Å². The van der Waals surface area contributed by atoms with Crippen LogP contribution >= 0.6 is 0 Å². The minimum absolute atomic E-state index is 0.203. The van der Waals surface area contributed by atoms with E-state index in [1.807, 2.05) is 84.9 Å². The van der Waals surface area contributed by atoms with Crippen LogP contribution in [-0.2, 0) is 33.8 Å². The summed E-state index contributed by atoms with van der Waals surface area (Å²) in [5.74, 6) is -0.00400. The summed E-state index contributed by atoms with van der Waals surface area (Å²) in [6.07, 6.45) is 0.518. The largest absolute Gasteiger partial charge is 0.489 e. The number of esters is 1. The maximum absolute atomic E-state index is 12.4. The molecule has 0 aromatic heterocycles. The third kappa shape index (κ3) is 6.48. The van der Waals surface area contributed by atoms with Gasteiger partial charge in [0.15, 0.2) is 0 Å². The number of nitrogens with one attached hydrogen (secondary N) is 1. The van der Waals surface area contributed by atoms with Crippen LogP contribution in [0.4, 0.5) is 0 Å². The van der Waals surface area contributed by atoms with E-state index in [0.717, 1.165) is 16.7 Å². The van der Waals surface area contributed by atoms with Crippen molar-refractivity contribution in [3.63, 3.8) is 0 Å². The van der Waals surface area contributed by atoms with Gasteiger partial charge in [0.05, 0.1) is 13.5 Å². The topological polar surface area (TPSA) is 64.6 Å². The molecule has 3 rings (SSSR count). The number of methoxy groups -OCH3 is 1. The van der Waals surface area contributed by atoms with Crippen molar-refractivity contribution in [3.8, 4) is 5.75 Å². The first kappa shape index (κ1) is 21.1. The van der Waals surface area contributed by atoms with E-state index in [-0.39, 0.29) is 12.3 Å². The van der Waals surface area contributed by atoms with Gasteiger partial charge in [-0.15, -0.1) is 0 Å². The number of hydrogen-bond acceptors (Lipinski definition) is 4. The summed E-state index contributed by atoms with van der Waals surface area (Å²) in [5, 5.41) is 2.79. The van der Waals surface area contributed by atoms with Crippen molar-refractivity contribution in [1.82, 2.24) is 5.32 Å². The lowest BCUT2D eigenvalue weighted by atomic mass is 10.0. The fourth-order valence-electron chi connectivity index (χ4n) is 3.10. The molecule has 3 aromatic carbocycles. The summed E-state index contributed by atoms with van der Waals surface area (Å²) in [5.41, 5.74) is 2.83. The van der Waals surface area contributed by atoms with Crippen LogP contribution in [0.5, 0.6) is 5.75 Å². The summed E-state index contributed by atoms with van der Waals surface area (Å²) >= 11 is 0. The lowest BCUT2D eigenvalue weighted by Crippen LogP contribution is -2.43. The van der Waals surface area contributed by atoms with Crippen molar-refractivity contribution in [2.75, 3.05) is 7.11 Å². The Hall–Kier alpha value is -3.60. The smallest absolute Gasteiger partial charge is 0.328 e. The molecule has 1 atom stereocenters. The lowest BCUT2D eigenvalue weighted by molar-refractivity contribution is -0.145. The fraction of sp³-hybridized carbons (Fsp3) is 0.200. The quantitative estimate of drug-likeness (QED) is 0.553. The number of rotatable bonds is 9. The van der Waals surface area contributed by atoms with Crippen LogP contribution in [0.2, 0.25) is 0 Å². The van der Waals surface area contributed by atoms with E-state index in [1.165, 1.54) is 7.11 Å². The Labute approximate surface area is 176 Å². The first-order valence-electron chi connectivity index (χ1n) is 9.81. The van der Waals surface area contributed by atoms with Crippen molar-refractivity contribution in [1.29, 1.82) is 0 Å². The Bertz CT molecular complexity index is 957. The standard InChI is InChI=1S/C25H25NO4/c1-29-25(28)23(26-24(27)17-19-9-4-2-5-10-19)16-21-13-8-14-22(15-21)30-18-20-11-6-3-7-12-20/h2-15,23H,16-18H2,1H3,(H,26,27)/t23-/m1/s1. The van der Waals surface area contributed by atoms with E-state index in [1.54, 1.807) is 0 Å². The zero-order valence-electron chi connectivity index (χ0n) is 16.9. The zero-order valence-corrected chi connectivity index (χ0v) is 16.9. The average Bonchev–Trinajstić information content (AvgIpc) is 2.78. The van der Waals surface area contributed by atoms with Gasteiger partial charge in [0.2, 0.25) is 5.91 Å². The molecule has 5 nitrogen and oxygen atoms in total. The highest BCUT2D eigenvalue weighted by Crippen LogP contribution is 2.17. The monoisotopic (exact) mass is 403 g/mol. The minimum atomic E-state index is -0.768. The molecule has 3 aromatic rings. The average molecular weight is 403 g/mol. The van der Waals surface area contributed by atoms with Crippen LogP contribution in [0.3, 0.4) is 0 Å². The van der Waals surface area contributed by atoms with Gasteiger partial charge in [0, 0.05) is 6.42 Å². The normalized spacial score (nSPS) is 11.4. The SMILES string of the molecule is COC(=O)[C@@H](Cc1cccc(OCc2ccccc2)c1)NC(=O)Cc1ccccc1. The molecule has 0 saturated heterocycles. The molecule has 0 spiro atoms. The molecule has 0 saturated carbocycles. The summed E-state index contributed by atoms with van der Waals surface area (Å²) in [7, 11) is 1.32. The number of ether oxygens (including phenoxy) is 2. The lowest BCUT2D eigenvalue weighted by Gasteiger charge is -2.17. The molecule has 1 N–H and O–H groups in total. The van der Waals surface area contributed by atoms with Crippen molar-refractivity contribution < 1.29 is 19.1 Å². The maximum atomic E-state index is 12.4. The van der Waals surface area contributed by atoms with Crippen molar-refractivity contribution in [3.05, 3.63) is 102 Å². The highest BCUT2D eigenvalue weighted by atomic mass is 16.5. The van der Waals surface area contributed by atoms with Crippen molar-refractivity contribution in [2.24, 2.45) is 0 Å². The molecular weight excluding hydrogens is 378 g/mol. The molecule has 0 heterocycles. The van der Waals surface area contributed by atoms with Gasteiger partial charge in [0.1, 0.15) is 18.4 Å². The van der Waals surface area contributed by atoms with Gasteiger partial charge in [-0.25, -0.2) is 4.79 Å². The number of carbonyl (C=O) groups is 2. The highest BCUT2D eigenvalue weighted by Gasteiger charge is 2.22. The predicted molar refractivity (Wildman–Crippen MR) is 115 cm³/mol. The minimum Gasteiger partial charge on any atom is -0.489 e. The molecule has 0 radical (unpaired) electrons. The van der Waals surface area contributed by atoms with E-state index in [9.17, 15) is 9.59 Å². The Morgan fingerprint density at radius 2 is 1.47 bits per heavy atom. The van der Waals surface area contributed by atoms with Gasteiger partial charge in [-0.1, -0.05) is 72.8 Å². The van der Waals surface area contributed by atoms with E-state index in [2.05, 4.69) is 5.32 Å². The Morgan fingerprint density at radius 1 is 0.833 bits per heavy atom. The zero-order chi connectivity index (χ0) is 21.2. The van der Waals surface area contributed by atoms with Gasteiger partial charge in [-0.3, -0.25) is 4.79 Å². The number of hydrogen-bond donors (Lipinski definition) is 1. The van der Waals surface area contributed by atoms with E-state index in [0.29, 0.717) is 18.8 Å². The second kappa shape index (κ2) is 10.8. The molecule has 0 aliphatic carbocycles. The molecule has 0 unspecified atom stereocenters. The van der Waals surface area contributed by atoms with Gasteiger partial charge in [0.25, 0.3) is 0 Å².